The Morgan fingerprint density at radius 3 is 2.55 bits per heavy atom. The number of aliphatic hydroxyl groups is 1. The van der Waals surface area contributed by atoms with E-state index >= 15 is 0 Å². The van der Waals surface area contributed by atoms with Gasteiger partial charge < -0.3 is 10.0 Å². The van der Waals surface area contributed by atoms with E-state index in [2.05, 4.69) is 4.90 Å². The first-order chi connectivity index (χ1) is 9.74. The minimum atomic E-state index is -0.159. The molecule has 1 N–H and O–H groups in total. The molecule has 1 heterocycles. The molecule has 6 atom stereocenters. The number of carbonyl (C=O) groups excluding carboxylic acids is 1. The Kier molecular flexibility index (Phi) is 3.29. The first kappa shape index (κ1) is 13.1. The monoisotopic (exact) mass is 277 g/mol. The summed E-state index contributed by atoms with van der Waals surface area (Å²) in [5, 5.41) is 10.2. The molecular formula is C17H27NO2. The second-order valence-corrected chi connectivity index (χ2v) is 7.68. The van der Waals surface area contributed by atoms with Gasteiger partial charge in [-0.3, -0.25) is 4.79 Å². The van der Waals surface area contributed by atoms with Crippen LogP contribution in [0.4, 0.5) is 0 Å². The number of nitrogens with zero attached hydrogens (tertiary/aromatic N) is 1. The Labute approximate surface area is 121 Å². The molecule has 112 valence electrons. The maximum atomic E-state index is 13.0. The molecule has 2 bridgehead atoms. The van der Waals surface area contributed by atoms with Crippen LogP contribution in [0.5, 0.6) is 0 Å². The maximum Gasteiger partial charge on any atom is 0.226 e. The zero-order valence-corrected chi connectivity index (χ0v) is 12.3. The summed E-state index contributed by atoms with van der Waals surface area (Å²) in [6.07, 6.45) is 10.4. The lowest BCUT2D eigenvalue weighted by Gasteiger charge is -2.34. The number of aliphatic hydroxyl groups excluding tert-OH is 1. The number of fused-ring (bicyclic) bond motifs is 2. The Hall–Kier alpha value is -0.570. The molecule has 6 unspecified atom stereocenters. The van der Waals surface area contributed by atoms with Gasteiger partial charge >= 0.3 is 0 Å². The summed E-state index contributed by atoms with van der Waals surface area (Å²) in [4.78, 5) is 15.1. The van der Waals surface area contributed by atoms with E-state index in [-0.39, 0.29) is 6.10 Å². The van der Waals surface area contributed by atoms with E-state index in [9.17, 15) is 9.90 Å². The third-order valence-electron chi connectivity index (χ3n) is 6.66. The maximum absolute atomic E-state index is 13.0. The fourth-order valence-corrected chi connectivity index (χ4v) is 5.69. The van der Waals surface area contributed by atoms with E-state index in [4.69, 9.17) is 0 Å². The van der Waals surface area contributed by atoms with Gasteiger partial charge in [0.1, 0.15) is 0 Å². The molecule has 0 aromatic carbocycles. The molecule has 3 heteroatoms. The Bertz CT molecular complexity index is 396. The molecule has 1 aliphatic heterocycles. The third kappa shape index (κ3) is 2.01. The number of likely N-dealkylation sites (tertiary alicyclic amines) is 1. The van der Waals surface area contributed by atoms with Gasteiger partial charge in [-0.2, -0.15) is 0 Å². The average Bonchev–Trinajstić information content (AvgIpc) is 3.21. The lowest BCUT2D eigenvalue weighted by atomic mass is 9.86. The minimum Gasteiger partial charge on any atom is -0.393 e. The molecule has 3 saturated carbocycles. The van der Waals surface area contributed by atoms with Crippen molar-refractivity contribution in [1.29, 1.82) is 0 Å². The molecule has 0 aromatic heterocycles. The minimum absolute atomic E-state index is 0.159. The van der Waals surface area contributed by atoms with Gasteiger partial charge in [-0.1, -0.05) is 12.8 Å². The Balaban J connectivity index is 1.48. The summed E-state index contributed by atoms with van der Waals surface area (Å²) >= 11 is 0. The smallest absolute Gasteiger partial charge is 0.226 e. The second kappa shape index (κ2) is 5.01. The zero-order valence-electron chi connectivity index (χ0n) is 12.3. The number of amides is 1. The van der Waals surface area contributed by atoms with E-state index in [0.29, 0.717) is 29.7 Å². The number of rotatable bonds is 2. The summed E-state index contributed by atoms with van der Waals surface area (Å²) < 4.78 is 0. The SMILES string of the molecule is O=C(C1CC2CCC1C2)N1CCCC1C1CCCC1O. The quantitative estimate of drug-likeness (QED) is 0.843. The van der Waals surface area contributed by atoms with Gasteiger partial charge in [-0.05, 0) is 56.8 Å². The van der Waals surface area contributed by atoms with Crippen molar-refractivity contribution in [3.05, 3.63) is 0 Å². The van der Waals surface area contributed by atoms with Gasteiger partial charge in [0.05, 0.1) is 6.10 Å². The predicted octanol–water partition coefficient (Wildman–Crippen LogP) is 2.57. The van der Waals surface area contributed by atoms with Crippen molar-refractivity contribution in [3.8, 4) is 0 Å². The number of hydrogen-bond donors (Lipinski definition) is 1. The van der Waals surface area contributed by atoms with Crippen LogP contribution < -0.4 is 0 Å². The van der Waals surface area contributed by atoms with Crippen molar-refractivity contribution in [2.45, 2.75) is 69.9 Å². The molecule has 0 spiro atoms. The van der Waals surface area contributed by atoms with Crippen LogP contribution in [0.3, 0.4) is 0 Å². The summed E-state index contributed by atoms with van der Waals surface area (Å²) in [6.45, 7) is 0.945. The summed E-state index contributed by atoms with van der Waals surface area (Å²) in [6, 6.07) is 0.346. The Morgan fingerprint density at radius 2 is 1.90 bits per heavy atom. The summed E-state index contributed by atoms with van der Waals surface area (Å²) in [5.74, 6) is 2.65. The van der Waals surface area contributed by atoms with Crippen LogP contribution in [0.1, 0.15) is 57.8 Å². The van der Waals surface area contributed by atoms with Crippen LogP contribution in [0.15, 0.2) is 0 Å². The molecule has 3 nitrogen and oxygen atoms in total. The first-order valence-electron chi connectivity index (χ1n) is 8.72. The van der Waals surface area contributed by atoms with E-state index in [1.807, 2.05) is 0 Å². The van der Waals surface area contributed by atoms with Crippen LogP contribution in [-0.4, -0.2) is 34.6 Å². The van der Waals surface area contributed by atoms with Crippen molar-refractivity contribution in [2.75, 3.05) is 6.54 Å². The van der Waals surface area contributed by atoms with Crippen LogP contribution >= 0.6 is 0 Å². The standard InChI is InChI=1S/C17H27NO2/c19-16-5-1-3-13(16)15-4-2-8-18(15)17(20)14-10-11-6-7-12(14)9-11/h11-16,19H,1-10H2. The molecule has 4 aliphatic rings. The summed E-state index contributed by atoms with van der Waals surface area (Å²) in [5.41, 5.74) is 0. The van der Waals surface area contributed by atoms with Gasteiger partial charge in [-0.15, -0.1) is 0 Å². The highest BCUT2D eigenvalue weighted by molar-refractivity contribution is 5.80. The van der Waals surface area contributed by atoms with Crippen LogP contribution in [0, 0.1) is 23.7 Å². The molecule has 20 heavy (non-hydrogen) atoms. The first-order valence-corrected chi connectivity index (χ1v) is 8.72. The van der Waals surface area contributed by atoms with Crippen LogP contribution in [0.2, 0.25) is 0 Å². The van der Waals surface area contributed by atoms with Gasteiger partial charge in [0, 0.05) is 24.4 Å². The van der Waals surface area contributed by atoms with Gasteiger partial charge in [-0.25, -0.2) is 0 Å². The molecule has 1 amide bonds. The van der Waals surface area contributed by atoms with E-state index < -0.39 is 0 Å². The predicted molar refractivity (Wildman–Crippen MR) is 77.0 cm³/mol. The number of carbonyl (C=O) groups is 1. The molecular weight excluding hydrogens is 250 g/mol. The van der Waals surface area contributed by atoms with Crippen molar-refractivity contribution in [3.63, 3.8) is 0 Å². The summed E-state index contributed by atoms with van der Waals surface area (Å²) in [7, 11) is 0. The molecule has 4 rings (SSSR count). The molecule has 1 saturated heterocycles. The fraction of sp³-hybridized carbons (Fsp3) is 0.941. The van der Waals surface area contributed by atoms with Crippen molar-refractivity contribution in [2.24, 2.45) is 23.7 Å². The molecule has 0 radical (unpaired) electrons. The van der Waals surface area contributed by atoms with Gasteiger partial charge in [0.25, 0.3) is 0 Å². The molecule has 0 aromatic rings. The van der Waals surface area contributed by atoms with Crippen molar-refractivity contribution < 1.29 is 9.90 Å². The van der Waals surface area contributed by atoms with E-state index in [1.54, 1.807) is 0 Å². The topological polar surface area (TPSA) is 40.5 Å². The van der Waals surface area contributed by atoms with Crippen molar-refractivity contribution >= 4 is 5.91 Å². The van der Waals surface area contributed by atoms with Crippen LogP contribution in [0.25, 0.3) is 0 Å². The lowest BCUT2D eigenvalue weighted by Crippen LogP contribution is -2.46. The average molecular weight is 277 g/mol. The lowest BCUT2D eigenvalue weighted by molar-refractivity contribution is -0.139. The molecule has 4 fully saturated rings. The van der Waals surface area contributed by atoms with E-state index in [0.717, 1.165) is 51.0 Å². The largest absolute Gasteiger partial charge is 0.393 e. The zero-order chi connectivity index (χ0) is 13.7. The van der Waals surface area contributed by atoms with Gasteiger partial charge in [0.15, 0.2) is 0 Å². The highest BCUT2D eigenvalue weighted by Crippen LogP contribution is 2.49. The fourth-order valence-electron chi connectivity index (χ4n) is 5.69. The van der Waals surface area contributed by atoms with E-state index in [1.165, 1.54) is 19.3 Å². The third-order valence-corrected chi connectivity index (χ3v) is 6.66. The van der Waals surface area contributed by atoms with Gasteiger partial charge in [0.2, 0.25) is 5.91 Å². The highest BCUT2D eigenvalue weighted by Gasteiger charge is 2.47. The second-order valence-electron chi connectivity index (χ2n) is 7.68. The number of hydrogen-bond acceptors (Lipinski definition) is 2. The van der Waals surface area contributed by atoms with Crippen LogP contribution in [-0.2, 0) is 4.79 Å². The highest BCUT2D eigenvalue weighted by atomic mass is 16.3. The normalized spacial score (nSPS) is 47.4. The Morgan fingerprint density at radius 1 is 1.00 bits per heavy atom. The van der Waals surface area contributed by atoms with Crippen molar-refractivity contribution in [1.82, 2.24) is 4.90 Å². The molecule has 3 aliphatic carbocycles.